The molecule has 6 heteroatoms. The smallest absolute Gasteiger partial charge is 0.289 e. The van der Waals surface area contributed by atoms with E-state index < -0.39 is 5.79 Å². The summed E-state index contributed by atoms with van der Waals surface area (Å²) in [5.41, 5.74) is 2.57. The number of ether oxygens (including phenoxy) is 2. The van der Waals surface area contributed by atoms with Crippen LogP contribution in [0.1, 0.15) is 40.3 Å². The zero-order valence-electron chi connectivity index (χ0n) is 15.6. The largest absolute Gasteiger partial charge is 0.455 e. The Hall–Kier alpha value is -1.76. The van der Waals surface area contributed by atoms with Gasteiger partial charge in [-0.25, -0.2) is 0 Å². The second kappa shape index (κ2) is 8.09. The van der Waals surface area contributed by atoms with Gasteiger partial charge in [-0.3, -0.25) is 4.79 Å². The molecule has 4 rings (SSSR count). The van der Waals surface area contributed by atoms with E-state index >= 15 is 0 Å². The Balaban J connectivity index is 1.27. The Morgan fingerprint density at radius 1 is 1.04 bits per heavy atom. The van der Waals surface area contributed by atoms with Crippen LogP contribution in [-0.4, -0.2) is 42.9 Å². The highest BCUT2D eigenvalue weighted by molar-refractivity contribution is 7.97. The number of furan rings is 1. The maximum Gasteiger partial charge on any atom is 0.289 e. The van der Waals surface area contributed by atoms with Gasteiger partial charge in [0.15, 0.2) is 11.5 Å². The van der Waals surface area contributed by atoms with Crippen LogP contribution < -0.4 is 0 Å². The molecule has 144 valence electrons. The zero-order chi connectivity index (χ0) is 18.7. The average Bonchev–Trinajstić information content (AvgIpc) is 3.34. The molecule has 0 aliphatic carbocycles. The molecule has 1 aromatic carbocycles. The molecule has 0 unspecified atom stereocenters. The van der Waals surface area contributed by atoms with Gasteiger partial charge < -0.3 is 18.8 Å². The SMILES string of the molecule is Cc1ccc(CSCc2ccc(C(=O)N3CCC4(CC3)OCCO4)o2)cc1. The van der Waals surface area contributed by atoms with E-state index in [1.165, 1.54) is 11.1 Å². The molecule has 2 fully saturated rings. The van der Waals surface area contributed by atoms with E-state index in [4.69, 9.17) is 13.9 Å². The number of hydrogen-bond acceptors (Lipinski definition) is 5. The molecule has 0 bridgehead atoms. The molecule has 2 aliphatic rings. The van der Waals surface area contributed by atoms with Gasteiger partial charge in [-0.2, -0.15) is 0 Å². The predicted molar refractivity (Wildman–Crippen MR) is 105 cm³/mol. The number of aryl methyl sites for hydroxylation is 1. The lowest BCUT2D eigenvalue weighted by Crippen LogP contribution is -2.47. The van der Waals surface area contributed by atoms with E-state index in [2.05, 4.69) is 31.2 Å². The Kier molecular flexibility index (Phi) is 5.57. The van der Waals surface area contributed by atoms with Crippen LogP contribution >= 0.6 is 11.8 Å². The van der Waals surface area contributed by atoms with Gasteiger partial charge in [-0.1, -0.05) is 29.8 Å². The quantitative estimate of drug-likeness (QED) is 0.776. The molecule has 0 N–H and O–H groups in total. The number of carbonyl (C=O) groups excluding carboxylic acids is 1. The summed E-state index contributed by atoms with van der Waals surface area (Å²) < 4.78 is 17.2. The van der Waals surface area contributed by atoms with Crippen molar-refractivity contribution in [1.29, 1.82) is 0 Å². The van der Waals surface area contributed by atoms with Crippen molar-refractivity contribution in [3.63, 3.8) is 0 Å². The van der Waals surface area contributed by atoms with E-state index in [0.29, 0.717) is 32.1 Å². The first-order chi connectivity index (χ1) is 13.1. The van der Waals surface area contributed by atoms with E-state index in [1.807, 2.05) is 11.0 Å². The summed E-state index contributed by atoms with van der Waals surface area (Å²) in [6.45, 7) is 4.66. The van der Waals surface area contributed by atoms with Crippen molar-refractivity contribution in [2.24, 2.45) is 0 Å². The number of nitrogens with zero attached hydrogens (tertiary/aromatic N) is 1. The summed E-state index contributed by atoms with van der Waals surface area (Å²) in [6, 6.07) is 12.3. The van der Waals surface area contributed by atoms with Gasteiger partial charge in [0.1, 0.15) is 5.76 Å². The lowest BCUT2D eigenvalue weighted by molar-refractivity contribution is -0.181. The van der Waals surface area contributed by atoms with Crippen molar-refractivity contribution in [1.82, 2.24) is 4.90 Å². The number of rotatable bonds is 5. The minimum Gasteiger partial charge on any atom is -0.455 e. The summed E-state index contributed by atoms with van der Waals surface area (Å²) >= 11 is 1.79. The van der Waals surface area contributed by atoms with Gasteiger partial charge in [-0.15, -0.1) is 11.8 Å². The lowest BCUT2D eigenvalue weighted by atomic mass is 10.0. The molecule has 0 saturated carbocycles. The molecule has 1 spiro atoms. The van der Waals surface area contributed by atoms with E-state index in [0.717, 1.165) is 30.1 Å². The first-order valence-electron chi connectivity index (χ1n) is 9.43. The average molecular weight is 388 g/mol. The number of likely N-dealkylation sites (tertiary alicyclic amines) is 1. The molecule has 2 aliphatic heterocycles. The Morgan fingerprint density at radius 3 is 2.44 bits per heavy atom. The molecule has 2 saturated heterocycles. The number of hydrogen-bond donors (Lipinski definition) is 0. The maximum absolute atomic E-state index is 12.7. The summed E-state index contributed by atoms with van der Waals surface area (Å²) in [6.07, 6.45) is 1.44. The highest BCUT2D eigenvalue weighted by Gasteiger charge is 2.41. The third-order valence-corrected chi connectivity index (χ3v) is 6.16. The summed E-state index contributed by atoms with van der Waals surface area (Å²) in [4.78, 5) is 14.5. The van der Waals surface area contributed by atoms with Crippen LogP contribution in [0.15, 0.2) is 40.8 Å². The van der Waals surface area contributed by atoms with Gasteiger partial charge in [0, 0.05) is 31.7 Å². The normalized spacial score (nSPS) is 18.9. The lowest BCUT2D eigenvalue weighted by Gasteiger charge is -2.37. The zero-order valence-corrected chi connectivity index (χ0v) is 16.4. The van der Waals surface area contributed by atoms with Crippen molar-refractivity contribution in [3.8, 4) is 0 Å². The number of thioether (sulfide) groups is 1. The molecule has 5 nitrogen and oxygen atoms in total. The first-order valence-corrected chi connectivity index (χ1v) is 10.6. The van der Waals surface area contributed by atoms with Crippen LogP contribution in [0, 0.1) is 6.92 Å². The van der Waals surface area contributed by atoms with Gasteiger partial charge in [0.25, 0.3) is 5.91 Å². The van der Waals surface area contributed by atoms with Crippen LogP contribution in [-0.2, 0) is 21.0 Å². The van der Waals surface area contributed by atoms with E-state index in [-0.39, 0.29) is 5.91 Å². The number of benzene rings is 1. The fourth-order valence-corrected chi connectivity index (χ4v) is 4.40. The third-order valence-electron chi connectivity index (χ3n) is 5.13. The number of amides is 1. The Bertz CT molecular complexity index is 770. The van der Waals surface area contributed by atoms with Crippen LogP contribution in [0.2, 0.25) is 0 Å². The van der Waals surface area contributed by atoms with Crippen molar-refractivity contribution in [2.75, 3.05) is 26.3 Å². The Morgan fingerprint density at radius 2 is 1.74 bits per heavy atom. The summed E-state index contributed by atoms with van der Waals surface area (Å²) in [5.74, 6) is 2.44. The monoisotopic (exact) mass is 387 g/mol. The third kappa shape index (κ3) is 4.39. The van der Waals surface area contributed by atoms with Gasteiger partial charge in [-0.05, 0) is 24.6 Å². The minimum atomic E-state index is -0.461. The Labute approximate surface area is 164 Å². The second-order valence-corrected chi connectivity index (χ2v) is 8.13. The molecule has 3 heterocycles. The molecule has 1 aromatic heterocycles. The number of piperidine rings is 1. The van der Waals surface area contributed by atoms with Crippen LogP contribution in [0.3, 0.4) is 0 Å². The van der Waals surface area contributed by atoms with Gasteiger partial charge in [0.05, 0.1) is 19.0 Å². The van der Waals surface area contributed by atoms with Crippen LogP contribution in [0.5, 0.6) is 0 Å². The van der Waals surface area contributed by atoms with Crippen molar-refractivity contribution in [2.45, 2.75) is 37.1 Å². The van der Waals surface area contributed by atoms with Crippen molar-refractivity contribution in [3.05, 3.63) is 59.0 Å². The van der Waals surface area contributed by atoms with Gasteiger partial charge in [0.2, 0.25) is 0 Å². The predicted octanol–water partition coefficient (Wildman–Crippen LogP) is 4.00. The van der Waals surface area contributed by atoms with Crippen molar-refractivity contribution < 1.29 is 18.7 Å². The minimum absolute atomic E-state index is 0.0439. The topological polar surface area (TPSA) is 51.9 Å². The summed E-state index contributed by atoms with van der Waals surface area (Å²) in [7, 11) is 0. The molecule has 2 aromatic rings. The van der Waals surface area contributed by atoms with E-state index in [9.17, 15) is 4.79 Å². The highest BCUT2D eigenvalue weighted by Crippen LogP contribution is 2.32. The van der Waals surface area contributed by atoms with E-state index in [1.54, 1.807) is 17.8 Å². The molecule has 0 radical (unpaired) electrons. The van der Waals surface area contributed by atoms with Crippen LogP contribution in [0.4, 0.5) is 0 Å². The summed E-state index contributed by atoms with van der Waals surface area (Å²) in [5, 5.41) is 0. The fraction of sp³-hybridized carbons (Fsp3) is 0.476. The van der Waals surface area contributed by atoms with Crippen molar-refractivity contribution >= 4 is 17.7 Å². The molecular weight excluding hydrogens is 362 g/mol. The molecular formula is C21H25NO4S. The molecule has 0 atom stereocenters. The second-order valence-electron chi connectivity index (χ2n) is 7.14. The number of carbonyl (C=O) groups is 1. The molecule has 27 heavy (non-hydrogen) atoms. The maximum atomic E-state index is 12.7. The van der Waals surface area contributed by atoms with Gasteiger partial charge >= 0.3 is 0 Å². The molecule has 1 amide bonds. The highest BCUT2D eigenvalue weighted by atomic mass is 32.2. The standard InChI is InChI=1S/C21H25NO4S/c1-16-2-4-17(5-3-16)14-27-15-18-6-7-19(26-18)20(23)22-10-8-21(9-11-22)24-12-13-25-21/h2-7H,8-15H2,1H3. The fourth-order valence-electron chi connectivity index (χ4n) is 3.52. The van der Waals surface area contributed by atoms with Crippen LogP contribution in [0.25, 0.3) is 0 Å². The first kappa shape index (κ1) is 18.6.